The quantitative estimate of drug-likeness (QED) is 0.597. The Labute approximate surface area is 206 Å². The van der Waals surface area contributed by atoms with Gasteiger partial charge in [0.2, 0.25) is 5.95 Å². The molecule has 4 rings (SSSR count). The Morgan fingerprint density at radius 1 is 1.12 bits per heavy atom. The van der Waals surface area contributed by atoms with Crippen molar-refractivity contribution in [1.82, 2.24) is 14.9 Å². The lowest BCUT2D eigenvalue weighted by Gasteiger charge is -2.39. The van der Waals surface area contributed by atoms with Crippen LogP contribution in [0.4, 0.5) is 10.7 Å². The van der Waals surface area contributed by atoms with Gasteiger partial charge < -0.3 is 20.1 Å². The molecule has 8 heteroatoms. The van der Waals surface area contributed by atoms with Crippen molar-refractivity contribution in [3.8, 4) is 0 Å². The van der Waals surface area contributed by atoms with Crippen molar-refractivity contribution in [3.05, 3.63) is 52.3 Å². The van der Waals surface area contributed by atoms with Crippen LogP contribution in [0, 0.1) is 0 Å². The molecular weight excluding hydrogens is 452 g/mol. The summed E-state index contributed by atoms with van der Waals surface area (Å²) in [5, 5.41) is 14.8. The molecule has 1 unspecified atom stereocenters. The Kier molecular flexibility index (Phi) is 6.80. The number of ether oxygens (including phenoxy) is 1. The lowest BCUT2D eigenvalue weighted by Crippen LogP contribution is -2.51. The Morgan fingerprint density at radius 2 is 1.74 bits per heavy atom. The minimum atomic E-state index is -1.09. The second-order valence-electron chi connectivity index (χ2n) is 11.0. The van der Waals surface area contributed by atoms with Crippen molar-refractivity contribution < 1.29 is 14.6 Å². The van der Waals surface area contributed by atoms with E-state index in [0.717, 1.165) is 36.9 Å². The molecule has 2 aliphatic rings. The number of halogens is 1. The molecule has 1 aromatic heterocycles. The monoisotopic (exact) mass is 486 g/mol. The molecule has 0 radical (unpaired) electrons. The number of anilines is 1. The number of benzene rings is 1. The van der Waals surface area contributed by atoms with Crippen molar-refractivity contribution in [1.29, 1.82) is 0 Å². The van der Waals surface area contributed by atoms with Crippen LogP contribution in [0.15, 0.2) is 30.3 Å². The number of fused-ring (bicyclic) bond motifs is 2. The van der Waals surface area contributed by atoms with Gasteiger partial charge in [0.1, 0.15) is 11.2 Å². The summed E-state index contributed by atoms with van der Waals surface area (Å²) >= 11 is 6.02. The van der Waals surface area contributed by atoms with E-state index in [0.29, 0.717) is 23.1 Å². The zero-order valence-corrected chi connectivity index (χ0v) is 21.4. The molecule has 0 spiro atoms. The topological polar surface area (TPSA) is 87.6 Å². The van der Waals surface area contributed by atoms with Crippen LogP contribution in [0.5, 0.6) is 0 Å². The maximum Gasteiger partial charge on any atom is 0.410 e. The van der Waals surface area contributed by atoms with E-state index in [1.54, 1.807) is 13.8 Å². The Balaban J connectivity index is 1.50. The van der Waals surface area contributed by atoms with Gasteiger partial charge in [-0.05, 0) is 84.1 Å². The van der Waals surface area contributed by atoms with Gasteiger partial charge in [-0.1, -0.05) is 23.7 Å². The van der Waals surface area contributed by atoms with E-state index in [1.807, 2.05) is 56.0 Å². The van der Waals surface area contributed by atoms with E-state index in [2.05, 4.69) is 10.3 Å². The smallest absolute Gasteiger partial charge is 0.410 e. The number of hydrogen-bond donors (Lipinski definition) is 2. The number of amides is 1. The number of hydrogen-bond acceptors (Lipinski definition) is 6. The first kappa shape index (κ1) is 24.7. The third kappa shape index (κ3) is 5.99. The molecule has 0 saturated carbocycles. The van der Waals surface area contributed by atoms with Gasteiger partial charge in [0.05, 0.1) is 11.4 Å². The number of nitrogens with one attached hydrogen (secondary N) is 1. The van der Waals surface area contributed by atoms with Gasteiger partial charge in [-0.15, -0.1) is 0 Å². The lowest BCUT2D eigenvalue weighted by atomic mass is 9.98. The number of carbonyl (C=O) groups is 1. The Bertz CT molecular complexity index is 1020. The summed E-state index contributed by atoms with van der Waals surface area (Å²) in [7, 11) is 0. The van der Waals surface area contributed by atoms with E-state index in [-0.39, 0.29) is 24.2 Å². The average Bonchev–Trinajstić information content (AvgIpc) is 2.99. The predicted octanol–water partition coefficient (Wildman–Crippen LogP) is 5.29. The van der Waals surface area contributed by atoms with Crippen molar-refractivity contribution >= 4 is 23.6 Å². The summed E-state index contributed by atoms with van der Waals surface area (Å²) < 4.78 is 5.65. The number of nitrogens with zero attached hydrogens (tertiary/aromatic N) is 3. The van der Waals surface area contributed by atoms with E-state index in [4.69, 9.17) is 21.3 Å². The van der Waals surface area contributed by atoms with Gasteiger partial charge in [0.15, 0.2) is 0 Å². The average molecular weight is 487 g/mol. The Morgan fingerprint density at radius 3 is 2.29 bits per heavy atom. The largest absolute Gasteiger partial charge is 0.444 e. The molecule has 0 aliphatic carbocycles. The molecule has 7 nitrogen and oxygen atoms in total. The van der Waals surface area contributed by atoms with Crippen molar-refractivity contribution in [2.24, 2.45) is 0 Å². The molecule has 2 saturated heterocycles. The second-order valence-corrected chi connectivity index (χ2v) is 11.5. The first-order valence-electron chi connectivity index (χ1n) is 12.0. The summed E-state index contributed by atoms with van der Waals surface area (Å²) in [4.78, 5) is 24.1. The molecule has 2 fully saturated rings. The van der Waals surface area contributed by atoms with Crippen molar-refractivity contribution in [3.63, 3.8) is 0 Å². The zero-order chi connectivity index (χ0) is 24.7. The summed E-state index contributed by atoms with van der Waals surface area (Å²) in [6.07, 6.45) is 3.99. The van der Waals surface area contributed by atoms with E-state index >= 15 is 0 Å². The highest BCUT2D eigenvalue weighted by atomic mass is 35.5. The third-order valence-corrected chi connectivity index (χ3v) is 6.63. The first-order valence-corrected chi connectivity index (χ1v) is 12.4. The van der Waals surface area contributed by atoms with Gasteiger partial charge in [-0.25, -0.2) is 14.8 Å². The number of piperidine rings is 1. The molecule has 2 N–H and O–H groups in total. The molecule has 1 aromatic carbocycles. The van der Waals surface area contributed by atoms with Crippen LogP contribution in [0.2, 0.25) is 5.02 Å². The highest BCUT2D eigenvalue weighted by Crippen LogP contribution is 2.37. The van der Waals surface area contributed by atoms with Crippen LogP contribution >= 0.6 is 11.6 Å². The van der Waals surface area contributed by atoms with E-state index in [1.165, 1.54) is 0 Å². The highest BCUT2D eigenvalue weighted by Gasteiger charge is 2.45. The molecule has 1 amide bonds. The summed E-state index contributed by atoms with van der Waals surface area (Å²) in [6, 6.07) is 9.99. The molecule has 2 bridgehead atoms. The van der Waals surface area contributed by atoms with Crippen LogP contribution in [-0.4, -0.2) is 49.8 Å². The Hall–Kier alpha value is -2.38. The SMILES string of the molecule is CC(C)(C)OC(=O)N1[C@@H]2CC[C@H]1CC(Nc1nc(Cc3ccc(Cl)cc3)cc(C(C)(C)O)n1)C2. The second kappa shape index (κ2) is 9.34. The highest BCUT2D eigenvalue weighted by molar-refractivity contribution is 6.30. The van der Waals surface area contributed by atoms with Crippen LogP contribution < -0.4 is 5.32 Å². The molecule has 2 aromatic rings. The minimum absolute atomic E-state index is 0.150. The van der Waals surface area contributed by atoms with Crippen molar-refractivity contribution in [2.75, 3.05) is 5.32 Å². The van der Waals surface area contributed by atoms with Gasteiger partial charge in [0.25, 0.3) is 0 Å². The van der Waals surface area contributed by atoms with Gasteiger partial charge >= 0.3 is 6.09 Å². The maximum absolute atomic E-state index is 12.8. The molecule has 3 heterocycles. The van der Waals surface area contributed by atoms with Gasteiger partial charge in [0, 0.05) is 29.6 Å². The summed E-state index contributed by atoms with van der Waals surface area (Å²) in [5.41, 5.74) is 0.888. The number of aliphatic hydroxyl groups is 1. The van der Waals surface area contributed by atoms with E-state index < -0.39 is 11.2 Å². The molecular formula is C26H35ClN4O3. The number of rotatable bonds is 5. The van der Waals surface area contributed by atoms with Gasteiger partial charge in [-0.2, -0.15) is 0 Å². The molecule has 184 valence electrons. The fourth-order valence-corrected chi connectivity index (χ4v) is 4.99. The maximum atomic E-state index is 12.8. The summed E-state index contributed by atoms with van der Waals surface area (Å²) in [6.45, 7) is 9.15. The van der Waals surface area contributed by atoms with Crippen LogP contribution in [0.25, 0.3) is 0 Å². The molecule has 3 atom stereocenters. The fraction of sp³-hybridized carbons (Fsp3) is 0.577. The van der Waals surface area contributed by atoms with Crippen LogP contribution in [0.3, 0.4) is 0 Å². The van der Waals surface area contributed by atoms with Gasteiger partial charge in [-0.3, -0.25) is 0 Å². The fourth-order valence-electron chi connectivity index (χ4n) is 4.87. The van der Waals surface area contributed by atoms with E-state index in [9.17, 15) is 9.90 Å². The molecule has 2 aliphatic heterocycles. The van der Waals surface area contributed by atoms with Crippen LogP contribution in [-0.2, 0) is 16.8 Å². The lowest BCUT2D eigenvalue weighted by molar-refractivity contribution is 0.00679. The standard InChI is InChI=1S/C26H35ClN4O3/c1-25(2,3)34-24(32)31-20-10-11-21(31)14-19(13-20)29-23-28-18(15-22(30-23)26(4,5)33)12-16-6-8-17(27)9-7-16/h6-9,15,19-21,33H,10-14H2,1-5H3,(H,28,29,30)/t19?,20-,21+. The summed E-state index contributed by atoms with van der Waals surface area (Å²) in [5.74, 6) is 0.513. The number of aromatic nitrogens is 2. The third-order valence-electron chi connectivity index (χ3n) is 6.38. The van der Waals surface area contributed by atoms with Crippen molar-refractivity contribution in [2.45, 2.75) is 96.1 Å². The normalized spacial score (nSPS) is 22.6. The predicted molar refractivity (Wildman–Crippen MR) is 133 cm³/mol. The van der Waals surface area contributed by atoms with Crippen LogP contribution in [0.1, 0.15) is 77.3 Å². The molecule has 34 heavy (non-hydrogen) atoms. The zero-order valence-electron chi connectivity index (χ0n) is 20.6. The number of carbonyl (C=O) groups excluding carboxylic acids is 1. The minimum Gasteiger partial charge on any atom is -0.444 e. The first-order chi connectivity index (χ1) is 15.9.